The molecule has 40 heavy (non-hydrogen) atoms. The van der Waals surface area contributed by atoms with Crippen LogP contribution in [0.3, 0.4) is 0 Å². The second kappa shape index (κ2) is 9.22. The molecule has 0 N–H and O–H groups in total. The first-order valence-electron chi connectivity index (χ1n) is 16.0. The topological polar surface area (TPSA) is 0 Å². The smallest absolute Gasteiger partial charge is 0.0622 e. The zero-order valence-electron chi connectivity index (χ0n) is 26.6. The van der Waals surface area contributed by atoms with E-state index in [-0.39, 0.29) is 35.8 Å². The highest BCUT2D eigenvalue weighted by molar-refractivity contribution is 6.27. The average Bonchev–Trinajstić information content (AvgIpc) is 3.09. The summed E-state index contributed by atoms with van der Waals surface area (Å²) in [5.74, 6) is 0. The van der Waals surface area contributed by atoms with Gasteiger partial charge in [0, 0.05) is 0 Å². The summed E-state index contributed by atoms with van der Waals surface area (Å²) in [6.45, 7) is 0. The lowest BCUT2D eigenvalue weighted by atomic mass is 9.85. The molecule has 0 fully saturated rings. The molecule has 0 aliphatic carbocycles. The van der Waals surface area contributed by atoms with Crippen molar-refractivity contribution in [2.75, 3.05) is 0 Å². The second-order valence-electron chi connectivity index (χ2n) is 10.1. The summed E-state index contributed by atoms with van der Waals surface area (Å²) in [7, 11) is 0. The van der Waals surface area contributed by atoms with Gasteiger partial charge in [-0.25, -0.2) is 0 Å². The standard InChI is InChI=1S/C40H26/c1-3-9-27(10-4-1)28-15-17-30(18-16-28)34-23-19-31-22-26-38-36(24-20-32-21-25-37(34)39(31)40(32)38)35-14-8-7-13-33(35)29-11-5-2-6-12-29/h1-26H/i1D,3D,4D,9D,10D. The molecule has 0 atom stereocenters. The van der Waals surface area contributed by atoms with Gasteiger partial charge in [-0.15, -0.1) is 0 Å². The van der Waals surface area contributed by atoms with Crippen molar-refractivity contribution >= 4 is 32.3 Å². The molecule has 0 heteroatoms. The van der Waals surface area contributed by atoms with Crippen LogP contribution in [0.15, 0.2) is 158 Å². The zero-order valence-corrected chi connectivity index (χ0v) is 21.6. The fourth-order valence-corrected chi connectivity index (χ4v) is 6.09. The normalized spacial score (nSPS) is 13.2. The largest absolute Gasteiger partial charge is 0.0629 e. The molecule has 0 nitrogen and oxygen atoms in total. The second-order valence-corrected chi connectivity index (χ2v) is 10.1. The summed E-state index contributed by atoms with van der Waals surface area (Å²) in [5.41, 5.74) is 7.68. The van der Waals surface area contributed by atoms with Gasteiger partial charge in [-0.05, 0) is 76.8 Å². The van der Waals surface area contributed by atoms with Crippen LogP contribution in [0.2, 0.25) is 0 Å². The quantitative estimate of drug-likeness (QED) is 0.206. The lowest BCUT2D eigenvalue weighted by Gasteiger charge is -2.18. The Morgan fingerprint density at radius 2 is 0.850 bits per heavy atom. The molecule has 0 bridgehead atoms. The third kappa shape index (κ3) is 3.61. The van der Waals surface area contributed by atoms with Gasteiger partial charge in [0.1, 0.15) is 0 Å². The predicted octanol–water partition coefficient (Wildman–Crippen LogP) is 11.3. The van der Waals surface area contributed by atoms with Crippen molar-refractivity contribution in [1.82, 2.24) is 0 Å². The highest BCUT2D eigenvalue weighted by Gasteiger charge is 2.16. The van der Waals surface area contributed by atoms with Crippen molar-refractivity contribution in [3.63, 3.8) is 0 Å². The summed E-state index contributed by atoms with van der Waals surface area (Å²) >= 11 is 0. The van der Waals surface area contributed by atoms with E-state index in [0.29, 0.717) is 5.56 Å². The minimum absolute atomic E-state index is 0.193. The Morgan fingerprint density at radius 1 is 0.325 bits per heavy atom. The Bertz CT molecular complexity index is 2380. The van der Waals surface area contributed by atoms with E-state index in [4.69, 9.17) is 6.85 Å². The van der Waals surface area contributed by atoms with Gasteiger partial charge in [0.2, 0.25) is 0 Å². The van der Waals surface area contributed by atoms with Crippen LogP contribution in [-0.2, 0) is 0 Å². The molecule has 0 saturated heterocycles. The molecule has 0 amide bonds. The zero-order chi connectivity index (χ0) is 30.8. The summed E-state index contributed by atoms with van der Waals surface area (Å²) < 4.78 is 40.8. The van der Waals surface area contributed by atoms with Gasteiger partial charge in [0.25, 0.3) is 0 Å². The van der Waals surface area contributed by atoms with E-state index in [9.17, 15) is 0 Å². The van der Waals surface area contributed by atoms with Gasteiger partial charge >= 0.3 is 0 Å². The average molecular weight is 512 g/mol. The van der Waals surface area contributed by atoms with Crippen molar-refractivity contribution in [2.24, 2.45) is 0 Å². The maximum absolute atomic E-state index is 8.39. The van der Waals surface area contributed by atoms with Crippen LogP contribution < -0.4 is 0 Å². The van der Waals surface area contributed by atoms with Crippen molar-refractivity contribution in [1.29, 1.82) is 0 Å². The van der Waals surface area contributed by atoms with Crippen molar-refractivity contribution in [3.05, 3.63) is 158 Å². The van der Waals surface area contributed by atoms with Gasteiger partial charge in [-0.2, -0.15) is 0 Å². The van der Waals surface area contributed by atoms with Crippen LogP contribution in [0.1, 0.15) is 6.85 Å². The lowest BCUT2D eigenvalue weighted by Crippen LogP contribution is -1.91. The van der Waals surface area contributed by atoms with Crippen LogP contribution in [0.4, 0.5) is 0 Å². The first kappa shape index (κ1) is 18.2. The molecule has 8 aromatic carbocycles. The molecular formula is C40H26. The van der Waals surface area contributed by atoms with Crippen LogP contribution in [0.5, 0.6) is 0 Å². The third-order valence-electron chi connectivity index (χ3n) is 7.95. The molecule has 8 rings (SSSR count). The van der Waals surface area contributed by atoms with E-state index < -0.39 is 0 Å². The van der Waals surface area contributed by atoms with Crippen molar-refractivity contribution < 1.29 is 6.85 Å². The number of benzene rings is 8. The van der Waals surface area contributed by atoms with Gasteiger partial charge in [-0.3, -0.25) is 0 Å². The van der Waals surface area contributed by atoms with E-state index in [0.717, 1.165) is 16.5 Å². The Balaban J connectivity index is 1.30. The van der Waals surface area contributed by atoms with Crippen LogP contribution in [0, 0.1) is 0 Å². The van der Waals surface area contributed by atoms with E-state index in [1.165, 1.54) is 49.2 Å². The van der Waals surface area contributed by atoms with Crippen molar-refractivity contribution in [3.8, 4) is 44.5 Å². The molecule has 0 aliphatic rings. The minimum Gasteiger partial charge on any atom is -0.0622 e. The number of rotatable bonds is 4. The van der Waals surface area contributed by atoms with Crippen molar-refractivity contribution in [2.45, 2.75) is 0 Å². The highest BCUT2D eigenvalue weighted by atomic mass is 14.2. The minimum atomic E-state index is -0.384. The van der Waals surface area contributed by atoms with Crippen LogP contribution >= 0.6 is 0 Å². The van der Waals surface area contributed by atoms with Crippen LogP contribution in [-0.4, -0.2) is 0 Å². The van der Waals surface area contributed by atoms with E-state index in [1.54, 1.807) is 0 Å². The van der Waals surface area contributed by atoms with E-state index in [1.807, 2.05) is 30.3 Å². The Hall–Kier alpha value is -5.20. The van der Waals surface area contributed by atoms with Gasteiger partial charge < -0.3 is 0 Å². The molecule has 0 spiro atoms. The molecule has 0 heterocycles. The summed E-state index contributed by atoms with van der Waals surface area (Å²) in [5, 5.41) is 7.19. The van der Waals surface area contributed by atoms with Gasteiger partial charge in [0.15, 0.2) is 0 Å². The maximum Gasteiger partial charge on any atom is 0.0629 e. The lowest BCUT2D eigenvalue weighted by molar-refractivity contribution is 1.60. The molecule has 0 radical (unpaired) electrons. The Morgan fingerprint density at radius 3 is 1.55 bits per heavy atom. The Kier molecular flexibility index (Phi) is 4.18. The summed E-state index contributed by atoms with van der Waals surface area (Å²) in [4.78, 5) is 0. The first-order chi connectivity index (χ1) is 21.9. The fourth-order valence-electron chi connectivity index (χ4n) is 6.09. The molecule has 0 aliphatic heterocycles. The van der Waals surface area contributed by atoms with Crippen LogP contribution in [0.25, 0.3) is 76.8 Å². The number of hydrogen-bond donors (Lipinski definition) is 0. The monoisotopic (exact) mass is 511 g/mol. The third-order valence-corrected chi connectivity index (χ3v) is 7.95. The fraction of sp³-hybridized carbons (Fsp3) is 0. The van der Waals surface area contributed by atoms with E-state index >= 15 is 0 Å². The van der Waals surface area contributed by atoms with Gasteiger partial charge in [-0.1, -0.05) is 158 Å². The summed E-state index contributed by atoms with van der Waals surface area (Å²) in [6.07, 6.45) is 0. The highest BCUT2D eigenvalue weighted by Crippen LogP contribution is 2.44. The predicted molar refractivity (Wildman–Crippen MR) is 172 cm³/mol. The molecule has 0 unspecified atom stereocenters. The first-order valence-corrected chi connectivity index (χ1v) is 13.5. The number of hydrogen-bond acceptors (Lipinski definition) is 0. The summed E-state index contributed by atoms with van der Waals surface area (Å²) in [6, 6.07) is 43.0. The maximum atomic E-state index is 8.39. The molecule has 8 aromatic rings. The molecular weight excluding hydrogens is 480 g/mol. The van der Waals surface area contributed by atoms with Gasteiger partial charge in [0.05, 0.1) is 6.85 Å². The SMILES string of the molecule is [2H]c1c([2H])c([2H])c(-c2ccc(-c3ccc4ccc5c(-c6ccccc6-c6ccccc6)ccc6ccc3c4c65)cc2)c([2H])c1[2H]. The van der Waals surface area contributed by atoms with E-state index in [2.05, 4.69) is 97.1 Å². The molecule has 0 saturated carbocycles. The molecule has 186 valence electrons. The Labute approximate surface area is 241 Å². The molecule has 0 aromatic heterocycles.